The first kappa shape index (κ1) is 13.0. The summed E-state index contributed by atoms with van der Waals surface area (Å²) in [5.74, 6) is 1.17. The third-order valence-corrected chi connectivity index (χ3v) is 2.55. The van der Waals surface area contributed by atoms with Crippen LogP contribution in [0.5, 0.6) is 5.75 Å². The molecule has 0 radical (unpaired) electrons. The second-order valence-electron chi connectivity index (χ2n) is 4.01. The molecule has 0 fully saturated rings. The standard InChI is InChI=1S/C14H16N2O3/c15-12-5-1-2-6-13(12)19-10-14(17)16-8-7-11-4-3-9-18-11/h1-6,9H,7-8,10,15H2,(H,16,17). The molecule has 5 nitrogen and oxygen atoms in total. The van der Waals surface area contributed by atoms with E-state index in [2.05, 4.69) is 5.32 Å². The Balaban J connectivity index is 1.69. The van der Waals surface area contributed by atoms with E-state index < -0.39 is 0 Å². The van der Waals surface area contributed by atoms with Gasteiger partial charge in [0.15, 0.2) is 6.61 Å². The number of anilines is 1. The van der Waals surface area contributed by atoms with Gasteiger partial charge in [-0.05, 0) is 24.3 Å². The summed E-state index contributed by atoms with van der Waals surface area (Å²) in [7, 11) is 0. The van der Waals surface area contributed by atoms with Crippen molar-refractivity contribution >= 4 is 11.6 Å². The SMILES string of the molecule is Nc1ccccc1OCC(=O)NCCc1ccco1. The number of furan rings is 1. The van der Waals surface area contributed by atoms with Gasteiger partial charge in [0, 0.05) is 13.0 Å². The maximum absolute atomic E-state index is 11.5. The Labute approximate surface area is 111 Å². The molecule has 1 aromatic heterocycles. The summed E-state index contributed by atoms with van der Waals surface area (Å²) < 4.78 is 10.5. The molecule has 0 saturated heterocycles. The van der Waals surface area contributed by atoms with Gasteiger partial charge in [0.05, 0.1) is 12.0 Å². The number of benzene rings is 1. The first-order valence-electron chi connectivity index (χ1n) is 6.02. The Morgan fingerprint density at radius 3 is 2.84 bits per heavy atom. The monoisotopic (exact) mass is 260 g/mol. The van der Waals surface area contributed by atoms with Crippen molar-refractivity contribution in [2.24, 2.45) is 0 Å². The Morgan fingerprint density at radius 2 is 2.11 bits per heavy atom. The van der Waals surface area contributed by atoms with Crippen LogP contribution in [-0.2, 0) is 11.2 Å². The van der Waals surface area contributed by atoms with Crippen molar-refractivity contribution in [1.29, 1.82) is 0 Å². The molecule has 2 aromatic rings. The molecule has 5 heteroatoms. The highest BCUT2D eigenvalue weighted by Gasteiger charge is 2.04. The lowest BCUT2D eigenvalue weighted by Crippen LogP contribution is -2.30. The Morgan fingerprint density at radius 1 is 1.26 bits per heavy atom. The average Bonchev–Trinajstić information content (AvgIpc) is 2.91. The largest absolute Gasteiger partial charge is 0.482 e. The van der Waals surface area contributed by atoms with E-state index in [9.17, 15) is 4.79 Å². The number of ether oxygens (including phenoxy) is 1. The van der Waals surface area contributed by atoms with E-state index in [1.807, 2.05) is 18.2 Å². The highest BCUT2D eigenvalue weighted by Crippen LogP contribution is 2.19. The summed E-state index contributed by atoms with van der Waals surface area (Å²) in [4.78, 5) is 11.5. The molecule has 19 heavy (non-hydrogen) atoms. The van der Waals surface area contributed by atoms with E-state index in [-0.39, 0.29) is 12.5 Å². The van der Waals surface area contributed by atoms with E-state index in [1.54, 1.807) is 24.5 Å². The third-order valence-electron chi connectivity index (χ3n) is 2.55. The zero-order chi connectivity index (χ0) is 13.5. The van der Waals surface area contributed by atoms with E-state index in [0.717, 1.165) is 5.76 Å². The maximum atomic E-state index is 11.5. The van der Waals surface area contributed by atoms with Crippen LogP contribution in [0, 0.1) is 0 Å². The van der Waals surface area contributed by atoms with Crippen molar-refractivity contribution in [3.8, 4) is 5.75 Å². The van der Waals surface area contributed by atoms with Crippen molar-refractivity contribution < 1.29 is 13.9 Å². The maximum Gasteiger partial charge on any atom is 0.257 e. The molecule has 0 bridgehead atoms. The fourth-order valence-corrected chi connectivity index (χ4v) is 1.59. The number of rotatable bonds is 6. The van der Waals surface area contributed by atoms with Crippen LogP contribution in [0.3, 0.4) is 0 Å². The topological polar surface area (TPSA) is 77.5 Å². The number of para-hydroxylation sites is 2. The smallest absolute Gasteiger partial charge is 0.257 e. The van der Waals surface area contributed by atoms with Crippen LogP contribution in [0.1, 0.15) is 5.76 Å². The van der Waals surface area contributed by atoms with Gasteiger partial charge in [0.2, 0.25) is 0 Å². The molecule has 0 saturated carbocycles. The van der Waals surface area contributed by atoms with Gasteiger partial charge in [-0.3, -0.25) is 4.79 Å². The van der Waals surface area contributed by atoms with Gasteiger partial charge in [0.1, 0.15) is 11.5 Å². The van der Waals surface area contributed by atoms with E-state index in [4.69, 9.17) is 14.9 Å². The van der Waals surface area contributed by atoms with Gasteiger partial charge in [0.25, 0.3) is 5.91 Å². The molecule has 3 N–H and O–H groups in total. The number of nitrogen functional groups attached to an aromatic ring is 1. The van der Waals surface area contributed by atoms with Gasteiger partial charge >= 0.3 is 0 Å². The fourth-order valence-electron chi connectivity index (χ4n) is 1.59. The van der Waals surface area contributed by atoms with Gasteiger partial charge < -0.3 is 20.2 Å². The predicted octanol–water partition coefficient (Wildman–Crippen LogP) is 1.60. The molecule has 1 amide bonds. The minimum Gasteiger partial charge on any atom is -0.482 e. The van der Waals surface area contributed by atoms with Gasteiger partial charge in [-0.2, -0.15) is 0 Å². The first-order valence-corrected chi connectivity index (χ1v) is 6.02. The van der Waals surface area contributed by atoms with Crippen LogP contribution in [-0.4, -0.2) is 19.1 Å². The van der Waals surface area contributed by atoms with Crippen molar-refractivity contribution in [2.45, 2.75) is 6.42 Å². The number of carbonyl (C=O) groups excluding carboxylic acids is 1. The zero-order valence-electron chi connectivity index (χ0n) is 10.5. The molecule has 2 rings (SSSR count). The summed E-state index contributed by atoms with van der Waals surface area (Å²) in [6.07, 6.45) is 2.27. The third kappa shape index (κ3) is 4.06. The minimum atomic E-state index is -0.185. The lowest BCUT2D eigenvalue weighted by atomic mass is 10.3. The Bertz CT molecular complexity index is 523. The Kier molecular flexibility index (Phi) is 4.44. The van der Waals surface area contributed by atoms with Gasteiger partial charge in [-0.25, -0.2) is 0 Å². The highest BCUT2D eigenvalue weighted by molar-refractivity contribution is 5.77. The highest BCUT2D eigenvalue weighted by atomic mass is 16.5. The lowest BCUT2D eigenvalue weighted by molar-refractivity contribution is -0.123. The average molecular weight is 260 g/mol. The van der Waals surface area contributed by atoms with E-state index in [0.29, 0.717) is 24.4 Å². The lowest BCUT2D eigenvalue weighted by Gasteiger charge is -2.08. The van der Waals surface area contributed by atoms with Crippen LogP contribution in [0.4, 0.5) is 5.69 Å². The van der Waals surface area contributed by atoms with E-state index >= 15 is 0 Å². The second-order valence-corrected chi connectivity index (χ2v) is 4.01. The first-order chi connectivity index (χ1) is 9.25. The molecular weight excluding hydrogens is 244 g/mol. The molecule has 0 aliphatic carbocycles. The number of hydrogen-bond acceptors (Lipinski definition) is 4. The summed E-state index contributed by atoms with van der Waals surface area (Å²) in [6.45, 7) is 0.465. The molecular formula is C14H16N2O3. The molecule has 0 spiro atoms. The second kappa shape index (κ2) is 6.49. The zero-order valence-corrected chi connectivity index (χ0v) is 10.5. The van der Waals surface area contributed by atoms with Crippen molar-refractivity contribution in [2.75, 3.05) is 18.9 Å². The summed E-state index contributed by atoms with van der Waals surface area (Å²) in [6, 6.07) is 10.8. The molecule has 100 valence electrons. The van der Waals surface area contributed by atoms with Gasteiger partial charge in [-0.15, -0.1) is 0 Å². The fraction of sp³-hybridized carbons (Fsp3) is 0.214. The van der Waals surface area contributed by atoms with Crippen molar-refractivity contribution in [3.63, 3.8) is 0 Å². The molecule has 0 aliphatic heterocycles. The molecule has 0 unspecified atom stereocenters. The molecule has 0 atom stereocenters. The van der Waals surface area contributed by atoms with Crippen LogP contribution >= 0.6 is 0 Å². The number of nitrogens with two attached hydrogens (primary N) is 1. The minimum absolute atomic E-state index is 0.0492. The van der Waals surface area contributed by atoms with Crippen LogP contribution in [0.25, 0.3) is 0 Å². The van der Waals surface area contributed by atoms with E-state index in [1.165, 1.54) is 0 Å². The summed E-state index contributed by atoms with van der Waals surface area (Å²) >= 11 is 0. The number of nitrogens with one attached hydrogen (secondary N) is 1. The van der Waals surface area contributed by atoms with Crippen LogP contribution < -0.4 is 15.8 Å². The van der Waals surface area contributed by atoms with Crippen LogP contribution in [0.15, 0.2) is 47.1 Å². The van der Waals surface area contributed by atoms with Gasteiger partial charge in [-0.1, -0.05) is 12.1 Å². The Hall–Kier alpha value is -2.43. The van der Waals surface area contributed by atoms with Crippen molar-refractivity contribution in [1.82, 2.24) is 5.32 Å². The summed E-state index contributed by atoms with van der Waals surface area (Å²) in [5.41, 5.74) is 6.22. The molecule has 0 aliphatic rings. The quantitative estimate of drug-likeness (QED) is 0.773. The predicted molar refractivity (Wildman–Crippen MR) is 71.8 cm³/mol. The molecule has 1 aromatic carbocycles. The summed E-state index contributed by atoms with van der Waals surface area (Å²) in [5, 5.41) is 2.75. The molecule has 1 heterocycles. The van der Waals surface area contributed by atoms with Crippen LogP contribution in [0.2, 0.25) is 0 Å². The number of carbonyl (C=O) groups is 1. The normalized spacial score (nSPS) is 10.1. The van der Waals surface area contributed by atoms with Crippen molar-refractivity contribution in [3.05, 3.63) is 48.4 Å². The number of hydrogen-bond donors (Lipinski definition) is 2. The number of amides is 1.